The molecule has 0 aliphatic carbocycles. The van der Waals surface area contributed by atoms with E-state index < -0.39 is 57.6 Å². The summed E-state index contributed by atoms with van der Waals surface area (Å²) in [5.74, 6) is -2.37. The maximum absolute atomic E-state index is 12.2. The molecule has 0 aromatic rings. The Morgan fingerprint density at radius 3 is 1.46 bits per heavy atom. The first-order chi connectivity index (χ1) is 25.1. The standard InChI is InChI=1S/C40H76NO10P/c1-3-5-7-9-11-12-13-14-15-16-17-18-19-20-21-22-23-24-26-28-30-32-39(44)49-33-36(42)34-50-52(47,48)51-35-37(40(45)46)41-38(43)31-29-27-25-10-8-6-4-2/h14-15,36-37,42H,3-13,16-35H2,1-2H3,(H,41,43)(H,45,46)(H,47,48)/b15-14+. The van der Waals surface area contributed by atoms with Crippen molar-refractivity contribution in [2.24, 2.45) is 0 Å². The topological polar surface area (TPSA) is 169 Å². The molecule has 0 saturated carbocycles. The number of carboxylic acid groups (broad SMARTS) is 1. The Kier molecular flexibility index (Phi) is 35.0. The van der Waals surface area contributed by atoms with E-state index >= 15 is 0 Å². The monoisotopic (exact) mass is 762 g/mol. The van der Waals surface area contributed by atoms with E-state index in [2.05, 4.69) is 31.3 Å². The molecule has 0 rings (SSSR count). The van der Waals surface area contributed by atoms with Crippen molar-refractivity contribution in [3.8, 4) is 0 Å². The molecule has 0 radical (unpaired) electrons. The first kappa shape index (κ1) is 50.2. The molecular weight excluding hydrogens is 685 g/mol. The van der Waals surface area contributed by atoms with Crippen LogP contribution in [0.15, 0.2) is 12.2 Å². The van der Waals surface area contributed by atoms with Crippen molar-refractivity contribution < 1.29 is 47.8 Å². The van der Waals surface area contributed by atoms with Crippen molar-refractivity contribution >= 4 is 25.7 Å². The van der Waals surface area contributed by atoms with Gasteiger partial charge in [0.25, 0.3) is 0 Å². The molecule has 0 saturated heterocycles. The highest BCUT2D eigenvalue weighted by Gasteiger charge is 2.28. The summed E-state index contributed by atoms with van der Waals surface area (Å²) in [5, 5.41) is 21.7. The Hall–Kier alpha value is -1.78. The Morgan fingerprint density at radius 1 is 0.596 bits per heavy atom. The second-order valence-corrected chi connectivity index (χ2v) is 15.6. The molecule has 12 heteroatoms. The van der Waals surface area contributed by atoms with Crippen molar-refractivity contribution in [2.45, 2.75) is 206 Å². The lowest BCUT2D eigenvalue weighted by Gasteiger charge is -2.18. The number of hydrogen-bond donors (Lipinski definition) is 4. The minimum atomic E-state index is -4.74. The van der Waals surface area contributed by atoms with Crippen LogP contribution in [0.5, 0.6) is 0 Å². The molecule has 0 fully saturated rings. The number of esters is 1. The molecule has 0 spiro atoms. The van der Waals surface area contributed by atoms with E-state index in [4.69, 9.17) is 13.8 Å². The predicted octanol–water partition coefficient (Wildman–Crippen LogP) is 10.1. The summed E-state index contributed by atoms with van der Waals surface area (Å²) >= 11 is 0. The summed E-state index contributed by atoms with van der Waals surface area (Å²) in [5.41, 5.74) is 0. The average molecular weight is 762 g/mol. The van der Waals surface area contributed by atoms with E-state index in [-0.39, 0.29) is 12.8 Å². The molecule has 0 bridgehead atoms. The molecule has 3 unspecified atom stereocenters. The number of carboxylic acids is 1. The average Bonchev–Trinajstić information content (AvgIpc) is 3.11. The number of rotatable bonds is 39. The number of amides is 1. The smallest absolute Gasteiger partial charge is 0.472 e. The zero-order valence-corrected chi connectivity index (χ0v) is 33.8. The third-order valence-electron chi connectivity index (χ3n) is 9.05. The molecule has 0 aliphatic rings. The van der Waals surface area contributed by atoms with E-state index in [1.54, 1.807) is 0 Å². The maximum atomic E-state index is 12.2. The van der Waals surface area contributed by atoms with Crippen LogP contribution in [0.2, 0.25) is 0 Å². The number of ether oxygens (including phenoxy) is 1. The quantitative estimate of drug-likeness (QED) is 0.0205. The Balaban J connectivity index is 3.79. The van der Waals surface area contributed by atoms with Crippen molar-refractivity contribution in [2.75, 3.05) is 19.8 Å². The molecular formula is C40H76NO10P. The van der Waals surface area contributed by atoms with Gasteiger partial charge in [0.15, 0.2) is 6.04 Å². The SMILES string of the molecule is CCCCCCCC/C=C/CCCCCCCCCCCCCC(=O)OCC(O)COP(=O)(O)OCC(NC(=O)CCCCCCCCC)C(=O)O. The summed E-state index contributed by atoms with van der Waals surface area (Å²) in [6, 6.07) is -1.54. The number of phosphoric acid groups is 1. The van der Waals surface area contributed by atoms with Crippen LogP contribution in [0.3, 0.4) is 0 Å². The van der Waals surface area contributed by atoms with Crippen LogP contribution >= 0.6 is 7.82 Å². The largest absolute Gasteiger partial charge is 0.480 e. The van der Waals surface area contributed by atoms with Crippen LogP contribution in [-0.2, 0) is 32.7 Å². The van der Waals surface area contributed by atoms with Crippen molar-refractivity contribution in [3.05, 3.63) is 12.2 Å². The zero-order chi connectivity index (χ0) is 38.5. The third-order valence-corrected chi connectivity index (χ3v) is 10.0. The molecule has 11 nitrogen and oxygen atoms in total. The van der Waals surface area contributed by atoms with Gasteiger partial charge in [0, 0.05) is 12.8 Å². The normalized spacial score (nSPS) is 13.9. The van der Waals surface area contributed by atoms with E-state index in [1.165, 1.54) is 103 Å². The Morgan fingerprint density at radius 2 is 1.00 bits per heavy atom. The number of carbonyl (C=O) groups excluding carboxylic acids is 2. The fraction of sp³-hybridized carbons (Fsp3) is 0.875. The predicted molar refractivity (Wildman–Crippen MR) is 208 cm³/mol. The molecule has 4 N–H and O–H groups in total. The highest BCUT2D eigenvalue weighted by Crippen LogP contribution is 2.43. The van der Waals surface area contributed by atoms with Gasteiger partial charge < -0.3 is 25.2 Å². The van der Waals surface area contributed by atoms with Gasteiger partial charge in [-0.2, -0.15) is 0 Å². The van der Waals surface area contributed by atoms with Gasteiger partial charge in [-0.3, -0.25) is 18.6 Å². The Bertz CT molecular complexity index is 947. The second kappa shape index (κ2) is 36.2. The molecule has 0 heterocycles. The summed E-state index contributed by atoms with van der Waals surface area (Å²) in [4.78, 5) is 45.5. The highest BCUT2D eigenvalue weighted by molar-refractivity contribution is 7.47. The molecule has 0 aromatic carbocycles. The van der Waals surface area contributed by atoms with Gasteiger partial charge in [-0.25, -0.2) is 9.36 Å². The number of carbonyl (C=O) groups is 3. The van der Waals surface area contributed by atoms with Crippen LogP contribution in [0.4, 0.5) is 0 Å². The van der Waals surface area contributed by atoms with Crippen molar-refractivity contribution in [1.82, 2.24) is 5.32 Å². The minimum Gasteiger partial charge on any atom is -0.480 e. The molecule has 3 atom stereocenters. The van der Waals surface area contributed by atoms with Crippen molar-refractivity contribution in [1.29, 1.82) is 0 Å². The molecule has 0 aliphatic heterocycles. The number of hydrogen-bond acceptors (Lipinski definition) is 8. The van der Waals surface area contributed by atoms with Crippen LogP contribution in [0.25, 0.3) is 0 Å². The third kappa shape index (κ3) is 35.3. The molecule has 306 valence electrons. The summed E-state index contributed by atoms with van der Waals surface area (Å²) in [6.07, 6.45) is 34.2. The number of phosphoric ester groups is 1. The fourth-order valence-electron chi connectivity index (χ4n) is 5.78. The van der Waals surface area contributed by atoms with Gasteiger partial charge in [-0.15, -0.1) is 0 Å². The van der Waals surface area contributed by atoms with Crippen LogP contribution < -0.4 is 5.32 Å². The summed E-state index contributed by atoms with van der Waals surface area (Å²) < 4.78 is 26.7. The molecule has 52 heavy (non-hydrogen) atoms. The van der Waals surface area contributed by atoms with Crippen LogP contribution in [0, 0.1) is 0 Å². The maximum Gasteiger partial charge on any atom is 0.472 e. The highest BCUT2D eigenvalue weighted by atomic mass is 31.2. The van der Waals surface area contributed by atoms with Crippen molar-refractivity contribution in [3.63, 3.8) is 0 Å². The number of unbranched alkanes of at least 4 members (excludes halogenated alkanes) is 23. The van der Waals surface area contributed by atoms with E-state index in [0.717, 1.165) is 51.4 Å². The fourth-order valence-corrected chi connectivity index (χ4v) is 6.55. The lowest BCUT2D eigenvalue weighted by Crippen LogP contribution is -2.43. The number of aliphatic hydroxyl groups is 1. The van der Waals surface area contributed by atoms with Crippen LogP contribution in [0.1, 0.15) is 194 Å². The summed E-state index contributed by atoms with van der Waals surface area (Å²) in [6.45, 7) is 2.52. The zero-order valence-electron chi connectivity index (χ0n) is 32.9. The van der Waals surface area contributed by atoms with Gasteiger partial charge in [0.2, 0.25) is 5.91 Å². The second-order valence-electron chi connectivity index (χ2n) is 14.2. The van der Waals surface area contributed by atoms with E-state index in [0.29, 0.717) is 12.8 Å². The first-order valence-corrected chi connectivity index (χ1v) is 22.2. The minimum absolute atomic E-state index is 0.147. The van der Waals surface area contributed by atoms with Gasteiger partial charge in [0.1, 0.15) is 12.7 Å². The number of aliphatic hydroxyl groups excluding tert-OH is 1. The van der Waals surface area contributed by atoms with Gasteiger partial charge >= 0.3 is 19.8 Å². The first-order valence-electron chi connectivity index (χ1n) is 20.7. The van der Waals surface area contributed by atoms with Gasteiger partial charge in [0.05, 0.1) is 13.2 Å². The lowest BCUT2D eigenvalue weighted by atomic mass is 10.0. The number of allylic oxidation sites excluding steroid dienone is 2. The van der Waals surface area contributed by atoms with Gasteiger partial charge in [-0.1, -0.05) is 154 Å². The lowest BCUT2D eigenvalue weighted by molar-refractivity contribution is -0.147. The van der Waals surface area contributed by atoms with E-state index in [9.17, 15) is 34.1 Å². The van der Waals surface area contributed by atoms with E-state index in [1.807, 2.05) is 0 Å². The number of aliphatic carboxylic acids is 1. The Labute approximate surface area is 316 Å². The number of nitrogens with one attached hydrogen (secondary N) is 1. The van der Waals surface area contributed by atoms with Crippen LogP contribution in [-0.4, -0.2) is 64.9 Å². The summed E-state index contributed by atoms with van der Waals surface area (Å²) in [7, 11) is -4.74. The molecule has 0 aromatic heterocycles. The van der Waals surface area contributed by atoms with Gasteiger partial charge in [-0.05, 0) is 38.5 Å². The molecule has 1 amide bonds.